The van der Waals surface area contributed by atoms with Crippen LogP contribution in [-0.4, -0.2) is 24.9 Å². The molecular weight excluding hydrogens is 477 g/mol. The summed E-state index contributed by atoms with van der Waals surface area (Å²) in [5.41, 5.74) is 12.1. The quantitative estimate of drug-likeness (QED) is 0.200. The zero-order valence-electron chi connectivity index (χ0n) is 21.8. The lowest BCUT2D eigenvalue weighted by Crippen LogP contribution is -2.11. The number of nitrogens with one attached hydrogen (secondary N) is 2. The molecular formula is C30H32FN7. The zero-order valence-corrected chi connectivity index (χ0v) is 21.8. The minimum absolute atomic E-state index is 0.119. The summed E-state index contributed by atoms with van der Waals surface area (Å²) in [4.78, 5) is 20.9. The number of nitrogens with two attached hydrogens (primary N) is 1. The smallest absolute Gasteiger partial charge is 0.139 e. The van der Waals surface area contributed by atoms with Crippen LogP contribution in [-0.2, 0) is 6.42 Å². The molecule has 0 spiro atoms. The number of aromatic amines is 1. The first-order valence-electron chi connectivity index (χ1n) is 12.6. The van der Waals surface area contributed by atoms with Gasteiger partial charge >= 0.3 is 0 Å². The van der Waals surface area contributed by atoms with Crippen molar-refractivity contribution in [2.24, 2.45) is 0 Å². The van der Waals surface area contributed by atoms with Crippen LogP contribution in [0.1, 0.15) is 50.1 Å². The molecule has 0 aliphatic carbocycles. The van der Waals surface area contributed by atoms with Gasteiger partial charge in [0.2, 0.25) is 0 Å². The minimum atomic E-state index is -0.442. The van der Waals surface area contributed by atoms with Crippen LogP contribution < -0.4 is 11.1 Å². The van der Waals surface area contributed by atoms with E-state index in [-0.39, 0.29) is 17.8 Å². The molecule has 0 unspecified atom stereocenters. The number of allylic oxidation sites excluding steroid dienone is 5. The average Bonchev–Trinajstić information content (AvgIpc) is 3.36. The molecule has 0 fully saturated rings. The Balaban J connectivity index is 1.66. The molecule has 4 aromatic heterocycles. The van der Waals surface area contributed by atoms with Gasteiger partial charge in [0, 0.05) is 59.3 Å². The normalized spacial score (nSPS) is 12.1. The van der Waals surface area contributed by atoms with Crippen LogP contribution in [0.4, 0.5) is 10.2 Å². The highest BCUT2D eigenvalue weighted by molar-refractivity contribution is 5.89. The molecule has 0 bridgehead atoms. The van der Waals surface area contributed by atoms with Gasteiger partial charge < -0.3 is 16.0 Å². The highest BCUT2D eigenvalue weighted by atomic mass is 19.1. The van der Waals surface area contributed by atoms with Crippen LogP contribution in [0.2, 0.25) is 0 Å². The number of nitrogens with zero attached hydrogens (tertiary/aromatic N) is 4. The molecule has 0 atom stereocenters. The molecule has 38 heavy (non-hydrogen) atoms. The molecule has 4 N–H and O–H groups in total. The number of imidazole rings is 1. The summed E-state index contributed by atoms with van der Waals surface area (Å²) in [6.07, 6.45) is 15.0. The summed E-state index contributed by atoms with van der Waals surface area (Å²) in [6.45, 7) is 11.9. The lowest BCUT2D eigenvalue weighted by atomic mass is 10.0. The molecule has 0 aliphatic heterocycles. The van der Waals surface area contributed by atoms with Crippen LogP contribution in [0.25, 0.3) is 27.9 Å². The van der Waals surface area contributed by atoms with E-state index >= 15 is 4.39 Å². The predicted molar refractivity (Wildman–Crippen MR) is 152 cm³/mol. The standard InChI is InChI=1S/C30H32FN7/c1-5-8-9-19(4)36-22(7-3)16-20(6-2)24-18-35-30(32)23(27(24)31)17-26-37-25-12-15-34-28(29(25)38-26)21-10-13-33-14-11-21/h6-7,10-16,18,36H,3-5,8-9,17H2,1-2H3,(H2,32,35)(H,37,38)/b20-6+,22-16+. The summed E-state index contributed by atoms with van der Waals surface area (Å²) < 4.78 is 15.9. The summed E-state index contributed by atoms with van der Waals surface area (Å²) in [6, 6.07) is 5.59. The van der Waals surface area contributed by atoms with Gasteiger partial charge in [0.05, 0.1) is 11.2 Å². The second-order valence-corrected chi connectivity index (χ2v) is 8.88. The third-order valence-corrected chi connectivity index (χ3v) is 6.20. The summed E-state index contributed by atoms with van der Waals surface area (Å²) in [5.74, 6) is 0.239. The average molecular weight is 510 g/mol. The summed E-state index contributed by atoms with van der Waals surface area (Å²) in [7, 11) is 0. The van der Waals surface area contributed by atoms with Crippen LogP contribution in [0.5, 0.6) is 0 Å². The van der Waals surface area contributed by atoms with Gasteiger partial charge in [0.1, 0.15) is 23.0 Å². The number of rotatable bonds is 11. The van der Waals surface area contributed by atoms with E-state index in [4.69, 9.17) is 10.7 Å². The Morgan fingerprint density at radius 3 is 2.68 bits per heavy atom. The van der Waals surface area contributed by atoms with Crippen LogP contribution in [0.3, 0.4) is 0 Å². The highest BCUT2D eigenvalue weighted by Gasteiger charge is 2.18. The van der Waals surface area contributed by atoms with Crippen LogP contribution >= 0.6 is 0 Å². The maximum Gasteiger partial charge on any atom is 0.139 e. The van der Waals surface area contributed by atoms with Crippen molar-refractivity contribution >= 4 is 22.4 Å². The van der Waals surface area contributed by atoms with Crippen molar-refractivity contribution < 1.29 is 4.39 Å². The Hall–Kier alpha value is -4.59. The summed E-state index contributed by atoms with van der Waals surface area (Å²) in [5, 5.41) is 3.27. The highest BCUT2D eigenvalue weighted by Crippen LogP contribution is 2.29. The predicted octanol–water partition coefficient (Wildman–Crippen LogP) is 6.49. The number of hydrogen-bond donors (Lipinski definition) is 3. The fourth-order valence-corrected chi connectivity index (χ4v) is 4.16. The number of aromatic nitrogens is 5. The van der Waals surface area contributed by atoms with Crippen molar-refractivity contribution in [3.8, 4) is 11.3 Å². The maximum absolute atomic E-state index is 15.9. The van der Waals surface area contributed by atoms with Gasteiger partial charge in [-0.1, -0.05) is 32.6 Å². The molecule has 4 heterocycles. The van der Waals surface area contributed by atoms with E-state index < -0.39 is 5.82 Å². The Bertz CT molecular complexity index is 1520. The third kappa shape index (κ3) is 5.86. The number of unbranched alkanes of at least 4 members (excludes halogenated alkanes) is 1. The lowest BCUT2D eigenvalue weighted by Gasteiger charge is -2.13. The van der Waals surface area contributed by atoms with Gasteiger partial charge in [-0.15, -0.1) is 0 Å². The van der Waals surface area contributed by atoms with Gasteiger partial charge in [0.15, 0.2) is 0 Å². The van der Waals surface area contributed by atoms with E-state index in [9.17, 15) is 0 Å². The molecule has 0 saturated carbocycles. The van der Waals surface area contributed by atoms with Crippen LogP contribution in [0.15, 0.2) is 85.8 Å². The third-order valence-electron chi connectivity index (χ3n) is 6.20. The first-order chi connectivity index (χ1) is 18.4. The first-order valence-corrected chi connectivity index (χ1v) is 12.6. The fraction of sp³-hybridized carbons (Fsp3) is 0.200. The number of pyridine rings is 3. The first kappa shape index (κ1) is 26.5. The molecule has 4 rings (SSSR count). The fourth-order valence-electron chi connectivity index (χ4n) is 4.16. The van der Waals surface area contributed by atoms with Gasteiger partial charge in [-0.3, -0.25) is 9.97 Å². The van der Waals surface area contributed by atoms with Gasteiger partial charge in [-0.25, -0.2) is 14.4 Å². The van der Waals surface area contributed by atoms with E-state index in [1.54, 1.807) is 24.7 Å². The van der Waals surface area contributed by atoms with Crippen molar-refractivity contribution in [3.63, 3.8) is 0 Å². The molecule has 4 aromatic rings. The van der Waals surface area contributed by atoms with Crippen molar-refractivity contribution in [2.75, 3.05) is 5.73 Å². The molecule has 194 valence electrons. The molecule has 0 radical (unpaired) electrons. The van der Waals surface area contributed by atoms with Crippen LogP contribution in [0, 0.1) is 5.82 Å². The van der Waals surface area contributed by atoms with Crippen molar-refractivity contribution in [2.45, 2.75) is 39.5 Å². The monoisotopic (exact) mass is 509 g/mol. The van der Waals surface area contributed by atoms with Crippen molar-refractivity contribution in [1.82, 2.24) is 30.2 Å². The molecule has 8 heteroatoms. The van der Waals surface area contributed by atoms with E-state index in [0.717, 1.165) is 47.4 Å². The van der Waals surface area contributed by atoms with Crippen molar-refractivity contribution in [3.05, 3.63) is 109 Å². The Morgan fingerprint density at radius 1 is 1.18 bits per heavy atom. The Morgan fingerprint density at radius 2 is 1.97 bits per heavy atom. The second kappa shape index (κ2) is 12.1. The number of anilines is 1. The van der Waals surface area contributed by atoms with Gasteiger partial charge in [-0.2, -0.15) is 0 Å². The molecule has 0 aromatic carbocycles. The topological polar surface area (TPSA) is 105 Å². The maximum atomic E-state index is 15.9. The number of nitrogen functional groups attached to an aromatic ring is 1. The second-order valence-electron chi connectivity index (χ2n) is 8.88. The molecule has 0 amide bonds. The number of hydrogen-bond acceptors (Lipinski definition) is 6. The molecule has 0 saturated heterocycles. The largest absolute Gasteiger partial charge is 0.383 e. The molecule has 0 aliphatic rings. The number of H-pyrrole nitrogens is 1. The van der Waals surface area contributed by atoms with Crippen molar-refractivity contribution in [1.29, 1.82) is 0 Å². The van der Waals surface area contributed by atoms with E-state index in [1.807, 2.05) is 37.3 Å². The summed E-state index contributed by atoms with van der Waals surface area (Å²) >= 11 is 0. The Labute approximate surface area is 222 Å². The van der Waals surface area contributed by atoms with E-state index in [2.05, 4.69) is 45.3 Å². The lowest BCUT2D eigenvalue weighted by molar-refractivity contribution is 0.607. The number of fused-ring (bicyclic) bond motifs is 1. The zero-order chi connectivity index (χ0) is 27.1. The number of halogens is 1. The van der Waals surface area contributed by atoms with E-state index in [0.29, 0.717) is 22.5 Å². The Kier molecular flexibility index (Phi) is 8.43. The van der Waals surface area contributed by atoms with Gasteiger partial charge in [0.25, 0.3) is 0 Å². The molecule has 7 nitrogen and oxygen atoms in total. The van der Waals surface area contributed by atoms with Gasteiger partial charge in [-0.05, 0) is 55.7 Å². The minimum Gasteiger partial charge on any atom is -0.383 e. The SMILES string of the molecule is C=C/C(=C\C(=C/C)c1cnc(N)c(Cc2nc3c(-c4ccncc4)nccc3[nH]2)c1F)NC(=C)CCCC. The van der Waals surface area contributed by atoms with E-state index in [1.165, 1.54) is 6.20 Å².